The first-order chi connectivity index (χ1) is 9.29. The summed E-state index contributed by atoms with van der Waals surface area (Å²) in [5.41, 5.74) is 0. The molecule has 1 heteroatoms. The molecule has 0 atom stereocenters. The highest BCUT2D eigenvalue weighted by molar-refractivity contribution is 4.68. The van der Waals surface area contributed by atoms with Gasteiger partial charge in [-0.1, -0.05) is 71.6 Å². The van der Waals surface area contributed by atoms with Crippen LogP contribution in [0.2, 0.25) is 0 Å². The fraction of sp³-hybridized carbons (Fsp3) is 1.00. The van der Waals surface area contributed by atoms with Crippen LogP contribution in [-0.2, 0) is 0 Å². The normalized spacial score (nSPS) is 21.0. The van der Waals surface area contributed by atoms with Crippen molar-refractivity contribution >= 4 is 0 Å². The van der Waals surface area contributed by atoms with Gasteiger partial charge in [0.05, 0.1) is 0 Å². The molecule has 0 bridgehead atoms. The van der Waals surface area contributed by atoms with Crippen LogP contribution in [-0.4, -0.2) is 12.6 Å². The Hall–Kier alpha value is -0.0400. The second-order valence-electron chi connectivity index (χ2n) is 6.95. The third kappa shape index (κ3) is 10.4. The van der Waals surface area contributed by atoms with E-state index in [2.05, 4.69) is 19.2 Å². The zero-order valence-corrected chi connectivity index (χ0v) is 13.6. The van der Waals surface area contributed by atoms with Gasteiger partial charge >= 0.3 is 0 Å². The van der Waals surface area contributed by atoms with Gasteiger partial charge in [-0.3, -0.25) is 0 Å². The zero-order valence-electron chi connectivity index (χ0n) is 13.6. The van der Waals surface area contributed by atoms with Crippen molar-refractivity contribution in [1.82, 2.24) is 5.32 Å². The van der Waals surface area contributed by atoms with Crippen molar-refractivity contribution in [2.24, 2.45) is 5.92 Å². The van der Waals surface area contributed by atoms with Gasteiger partial charge in [0.15, 0.2) is 0 Å². The molecule has 0 aromatic rings. The van der Waals surface area contributed by atoms with Crippen molar-refractivity contribution in [2.45, 2.75) is 103 Å². The molecule has 1 rings (SSSR count). The minimum atomic E-state index is 0.812. The summed E-state index contributed by atoms with van der Waals surface area (Å²) >= 11 is 0. The van der Waals surface area contributed by atoms with Gasteiger partial charge in [0, 0.05) is 6.04 Å². The fourth-order valence-electron chi connectivity index (χ4n) is 3.18. The van der Waals surface area contributed by atoms with E-state index in [0.717, 1.165) is 12.0 Å². The standard InChI is InChI=1S/C18H37N/c1-17(2)13-12-16-19-18-14-10-8-6-4-3-5-7-9-11-15-18/h17-19H,3-16H2,1-2H3. The van der Waals surface area contributed by atoms with E-state index in [1.807, 2.05) is 0 Å². The average molecular weight is 268 g/mol. The van der Waals surface area contributed by atoms with E-state index in [-0.39, 0.29) is 0 Å². The monoisotopic (exact) mass is 267 g/mol. The first-order valence-corrected chi connectivity index (χ1v) is 9.02. The molecule has 1 nitrogen and oxygen atoms in total. The Kier molecular flexibility index (Phi) is 10.5. The summed E-state index contributed by atoms with van der Waals surface area (Å²) in [6.45, 7) is 5.90. The van der Waals surface area contributed by atoms with Gasteiger partial charge in [0.2, 0.25) is 0 Å². The van der Waals surface area contributed by atoms with E-state index in [4.69, 9.17) is 0 Å². The molecule has 1 N–H and O–H groups in total. The van der Waals surface area contributed by atoms with Crippen LogP contribution in [0.15, 0.2) is 0 Å². The summed E-state index contributed by atoms with van der Waals surface area (Å²) < 4.78 is 0. The van der Waals surface area contributed by atoms with E-state index in [1.54, 1.807) is 0 Å². The Labute approximate surface area is 121 Å². The Morgan fingerprint density at radius 2 is 1.26 bits per heavy atom. The van der Waals surface area contributed by atoms with Crippen LogP contribution >= 0.6 is 0 Å². The molecule has 1 saturated carbocycles. The molecule has 0 amide bonds. The summed E-state index contributed by atoms with van der Waals surface area (Å²) in [5.74, 6) is 0.859. The van der Waals surface area contributed by atoms with Crippen LogP contribution in [0.5, 0.6) is 0 Å². The summed E-state index contributed by atoms with van der Waals surface area (Å²) in [4.78, 5) is 0. The zero-order chi connectivity index (χ0) is 13.8. The van der Waals surface area contributed by atoms with Gasteiger partial charge in [-0.2, -0.15) is 0 Å². The maximum atomic E-state index is 3.83. The van der Waals surface area contributed by atoms with Crippen molar-refractivity contribution in [3.63, 3.8) is 0 Å². The summed E-state index contributed by atoms with van der Waals surface area (Å²) in [6, 6.07) is 0.812. The molecule has 114 valence electrons. The van der Waals surface area contributed by atoms with Crippen molar-refractivity contribution in [3.8, 4) is 0 Å². The Balaban J connectivity index is 2.15. The largest absolute Gasteiger partial charge is 0.314 e. The first-order valence-electron chi connectivity index (χ1n) is 9.02. The van der Waals surface area contributed by atoms with Crippen LogP contribution in [0, 0.1) is 5.92 Å². The average Bonchev–Trinajstić information content (AvgIpc) is 2.36. The molecule has 0 aromatic carbocycles. The highest BCUT2D eigenvalue weighted by Gasteiger charge is 2.08. The van der Waals surface area contributed by atoms with Gasteiger partial charge in [-0.15, -0.1) is 0 Å². The van der Waals surface area contributed by atoms with Crippen molar-refractivity contribution < 1.29 is 0 Å². The molecule has 0 radical (unpaired) electrons. The first kappa shape index (κ1) is 17.0. The van der Waals surface area contributed by atoms with Gasteiger partial charge in [-0.05, 0) is 38.1 Å². The molecule has 0 heterocycles. The molecule has 19 heavy (non-hydrogen) atoms. The molecular formula is C18H37N. The molecule has 1 aliphatic carbocycles. The number of hydrogen-bond donors (Lipinski definition) is 1. The maximum absolute atomic E-state index is 3.83. The highest BCUT2D eigenvalue weighted by Crippen LogP contribution is 2.17. The minimum Gasteiger partial charge on any atom is -0.314 e. The lowest BCUT2D eigenvalue weighted by atomic mass is 9.98. The lowest BCUT2D eigenvalue weighted by molar-refractivity contribution is 0.394. The van der Waals surface area contributed by atoms with Gasteiger partial charge in [0.1, 0.15) is 0 Å². The summed E-state index contributed by atoms with van der Waals surface area (Å²) in [7, 11) is 0. The minimum absolute atomic E-state index is 0.812. The smallest absolute Gasteiger partial charge is 0.00670 e. The summed E-state index contributed by atoms with van der Waals surface area (Å²) in [6.07, 6.45) is 18.8. The molecule has 1 fully saturated rings. The quantitative estimate of drug-likeness (QED) is 0.631. The predicted octanol–water partition coefficient (Wildman–Crippen LogP) is 5.69. The number of nitrogens with one attached hydrogen (secondary N) is 1. The molecule has 1 aliphatic rings. The maximum Gasteiger partial charge on any atom is 0.00670 e. The van der Waals surface area contributed by atoms with Crippen molar-refractivity contribution in [1.29, 1.82) is 0 Å². The third-order valence-corrected chi connectivity index (χ3v) is 4.50. The number of rotatable bonds is 5. The third-order valence-electron chi connectivity index (χ3n) is 4.50. The molecule has 0 aromatic heterocycles. The fourth-order valence-corrected chi connectivity index (χ4v) is 3.18. The van der Waals surface area contributed by atoms with Gasteiger partial charge < -0.3 is 5.32 Å². The van der Waals surface area contributed by atoms with Gasteiger partial charge in [-0.25, -0.2) is 0 Å². The lowest BCUT2D eigenvalue weighted by Crippen LogP contribution is -2.30. The Morgan fingerprint density at radius 1 is 0.789 bits per heavy atom. The Morgan fingerprint density at radius 3 is 1.74 bits per heavy atom. The summed E-state index contributed by atoms with van der Waals surface area (Å²) in [5, 5.41) is 3.83. The van der Waals surface area contributed by atoms with Crippen molar-refractivity contribution in [3.05, 3.63) is 0 Å². The van der Waals surface area contributed by atoms with Crippen LogP contribution in [0.1, 0.15) is 97.3 Å². The van der Waals surface area contributed by atoms with Gasteiger partial charge in [0.25, 0.3) is 0 Å². The van der Waals surface area contributed by atoms with Crippen molar-refractivity contribution in [2.75, 3.05) is 6.54 Å². The van der Waals surface area contributed by atoms with E-state index >= 15 is 0 Å². The van der Waals surface area contributed by atoms with E-state index in [0.29, 0.717) is 0 Å². The Bertz CT molecular complexity index is 176. The van der Waals surface area contributed by atoms with Crippen LogP contribution in [0.3, 0.4) is 0 Å². The van der Waals surface area contributed by atoms with Crippen LogP contribution in [0.4, 0.5) is 0 Å². The molecule has 0 spiro atoms. The van der Waals surface area contributed by atoms with E-state index < -0.39 is 0 Å². The highest BCUT2D eigenvalue weighted by atomic mass is 14.9. The van der Waals surface area contributed by atoms with E-state index in [9.17, 15) is 0 Å². The number of hydrogen-bond acceptors (Lipinski definition) is 1. The lowest BCUT2D eigenvalue weighted by Gasteiger charge is -2.20. The molecule has 0 aliphatic heterocycles. The topological polar surface area (TPSA) is 12.0 Å². The molecular weight excluding hydrogens is 230 g/mol. The SMILES string of the molecule is CC(C)CCCNC1CCCCCCCCCCC1. The second-order valence-corrected chi connectivity index (χ2v) is 6.95. The predicted molar refractivity (Wildman–Crippen MR) is 86.6 cm³/mol. The van der Waals surface area contributed by atoms with Crippen LogP contribution < -0.4 is 5.32 Å². The van der Waals surface area contributed by atoms with E-state index in [1.165, 1.54) is 90.0 Å². The molecule has 0 unspecified atom stereocenters. The second kappa shape index (κ2) is 11.8. The van der Waals surface area contributed by atoms with Crippen LogP contribution in [0.25, 0.3) is 0 Å². The molecule has 0 saturated heterocycles.